The first-order valence-electron chi connectivity index (χ1n) is 5.58. The van der Waals surface area contributed by atoms with Crippen LogP contribution in [0, 0.1) is 13.8 Å². The van der Waals surface area contributed by atoms with Gasteiger partial charge in [0.15, 0.2) is 5.65 Å². The SMILES string of the molecule is Cc1cc(C)c2[nH]c(C3CCC3)nc2n1. The second-order valence-corrected chi connectivity index (χ2v) is 4.53. The van der Waals surface area contributed by atoms with E-state index in [0.29, 0.717) is 5.92 Å². The lowest BCUT2D eigenvalue weighted by atomic mass is 9.85. The van der Waals surface area contributed by atoms with Crippen molar-refractivity contribution in [2.45, 2.75) is 39.0 Å². The van der Waals surface area contributed by atoms with E-state index in [4.69, 9.17) is 0 Å². The van der Waals surface area contributed by atoms with Crippen LogP contribution in [-0.4, -0.2) is 15.0 Å². The van der Waals surface area contributed by atoms with Crippen LogP contribution >= 0.6 is 0 Å². The molecule has 0 aromatic carbocycles. The van der Waals surface area contributed by atoms with E-state index in [0.717, 1.165) is 22.7 Å². The Morgan fingerprint density at radius 3 is 2.73 bits per heavy atom. The van der Waals surface area contributed by atoms with Crippen LogP contribution in [0.4, 0.5) is 0 Å². The Balaban J connectivity index is 2.16. The van der Waals surface area contributed by atoms with Crippen LogP contribution in [0.5, 0.6) is 0 Å². The van der Waals surface area contributed by atoms with Gasteiger partial charge in [-0.3, -0.25) is 0 Å². The molecule has 2 heterocycles. The number of nitrogens with one attached hydrogen (secondary N) is 1. The van der Waals surface area contributed by atoms with Crippen LogP contribution in [0.15, 0.2) is 6.07 Å². The van der Waals surface area contributed by atoms with Crippen molar-refractivity contribution in [3.05, 3.63) is 23.1 Å². The summed E-state index contributed by atoms with van der Waals surface area (Å²) in [4.78, 5) is 12.5. The van der Waals surface area contributed by atoms with Gasteiger partial charge in [-0.25, -0.2) is 9.97 Å². The number of aromatic nitrogens is 3. The average molecular weight is 201 g/mol. The summed E-state index contributed by atoms with van der Waals surface area (Å²) in [6, 6.07) is 2.10. The van der Waals surface area contributed by atoms with Crippen LogP contribution in [0.1, 0.15) is 42.3 Å². The number of hydrogen-bond donors (Lipinski definition) is 1. The highest BCUT2D eigenvalue weighted by Gasteiger charge is 2.23. The molecule has 1 fully saturated rings. The molecule has 3 rings (SSSR count). The maximum absolute atomic E-state index is 4.59. The van der Waals surface area contributed by atoms with E-state index in [1.165, 1.54) is 24.8 Å². The van der Waals surface area contributed by atoms with Crippen molar-refractivity contribution < 1.29 is 0 Å². The number of nitrogens with zero attached hydrogens (tertiary/aromatic N) is 2. The Bertz CT molecular complexity index is 509. The number of rotatable bonds is 1. The van der Waals surface area contributed by atoms with Crippen LogP contribution in [-0.2, 0) is 0 Å². The second-order valence-electron chi connectivity index (χ2n) is 4.53. The topological polar surface area (TPSA) is 41.6 Å². The largest absolute Gasteiger partial charge is 0.340 e. The summed E-state index contributed by atoms with van der Waals surface area (Å²) in [5.74, 6) is 1.79. The zero-order valence-corrected chi connectivity index (χ0v) is 9.17. The molecule has 0 aliphatic heterocycles. The number of fused-ring (bicyclic) bond motifs is 1. The standard InChI is InChI=1S/C12H15N3/c1-7-6-8(2)13-12-10(7)14-11(15-12)9-4-3-5-9/h6,9H,3-5H2,1-2H3,(H,13,14,15). The fourth-order valence-corrected chi connectivity index (χ4v) is 2.20. The van der Waals surface area contributed by atoms with Gasteiger partial charge < -0.3 is 4.98 Å². The second kappa shape index (κ2) is 3.05. The summed E-state index contributed by atoms with van der Waals surface area (Å²) >= 11 is 0. The van der Waals surface area contributed by atoms with Crippen LogP contribution < -0.4 is 0 Å². The molecule has 0 spiro atoms. The molecule has 2 aromatic rings. The molecule has 1 aliphatic rings. The van der Waals surface area contributed by atoms with Crippen molar-refractivity contribution in [2.75, 3.05) is 0 Å². The molecule has 0 saturated heterocycles. The minimum atomic E-state index is 0.652. The molecule has 0 radical (unpaired) electrons. The van der Waals surface area contributed by atoms with Crippen LogP contribution in [0.2, 0.25) is 0 Å². The normalized spacial score (nSPS) is 16.9. The molecule has 0 amide bonds. The van der Waals surface area contributed by atoms with E-state index < -0.39 is 0 Å². The first-order valence-corrected chi connectivity index (χ1v) is 5.58. The summed E-state index contributed by atoms with van der Waals surface area (Å²) in [6.07, 6.45) is 3.89. The molecule has 0 unspecified atom stereocenters. The van der Waals surface area contributed by atoms with E-state index in [1.54, 1.807) is 0 Å². The van der Waals surface area contributed by atoms with Gasteiger partial charge in [-0.15, -0.1) is 0 Å². The third-order valence-corrected chi connectivity index (χ3v) is 3.30. The van der Waals surface area contributed by atoms with Crippen LogP contribution in [0.3, 0.4) is 0 Å². The van der Waals surface area contributed by atoms with Gasteiger partial charge in [0, 0.05) is 11.6 Å². The number of hydrogen-bond acceptors (Lipinski definition) is 2. The summed E-state index contributed by atoms with van der Waals surface area (Å²) < 4.78 is 0. The Kier molecular flexibility index (Phi) is 1.81. The summed E-state index contributed by atoms with van der Waals surface area (Å²) in [7, 11) is 0. The minimum absolute atomic E-state index is 0.652. The monoisotopic (exact) mass is 201 g/mol. The number of aryl methyl sites for hydroxylation is 2. The van der Waals surface area contributed by atoms with E-state index in [1.807, 2.05) is 6.92 Å². The van der Waals surface area contributed by atoms with Crippen LogP contribution in [0.25, 0.3) is 11.2 Å². The smallest absolute Gasteiger partial charge is 0.178 e. The highest BCUT2D eigenvalue weighted by atomic mass is 15.0. The number of imidazole rings is 1. The molecule has 3 nitrogen and oxygen atoms in total. The minimum Gasteiger partial charge on any atom is -0.340 e. The maximum Gasteiger partial charge on any atom is 0.178 e. The van der Waals surface area contributed by atoms with Crippen molar-refractivity contribution in [3.63, 3.8) is 0 Å². The first kappa shape index (κ1) is 8.89. The molecule has 1 saturated carbocycles. The number of H-pyrrole nitrogens is 1. The molecule has 15 heavy (non-hydrogen) atoms. The van der Waals surface area contributed by atoms with Crippen molar-refractivity contribution in [3.8, 4) is 0 Å². The predicted octanol–water partition coefficient (Wildman–Crippen LogP) is 2.84. The first-order chi connectivity index (χ1) is 7.24. The molecule has 1 N–H and O–H groups in total. The van der Waals surface area contributed by atoms with Crippen molar-refractivity contribution in [1.29, 1.82) is 0 Å². The Morgan fingerprint density at radius 2 is 2.07 bits per heavy atom. The Morgan fingerprint density at radius 1 is 1.27 bits per heavy atom. The molecular weight excluding hydrogens is 186 g/mol. The summed E-state index contributed by atoms with van der Waals surface area (Å²) in [6.45, 7) is 4.13. The van der Waals surface area contributed by atoms with Gasteiger partial charge in [0.1, 0.15) is 5.82 Å². The van der Waals surface area contributed by atoms with Gasteiger partial charge in [-0.1, -0.05) is 6.42 Å². The van der Waals surface area contributed by atoms with Gasteiger partial charge in [0.2, 0.25) is 0 Å². The third-order valence-electron chi connectivity index (χ3n) is 3.30. The van der Waals surface area contributed by atoms with Gasteiger partial charge in [-0.05, 0) is 38.3 Å². The lowest BCUT2D eigenvalue weighted by Gasteiger charge is -2.22. The zero-order chi connectivity index (χ0) is 10.4. The van der Waals surface area contributed by atoms with Crippen molar-refractivity contribution in [1.82, 2.24) is 15.0 Å². The lowest BCUT2D eigenvalue weighted by molar-refractivity contribution is 0.404. The predicted molar refractivity (Wildman–Crippen MR) is 60.0 cm³/mol. The Labute approximate surface area is 88.9 Å². The average Bonchev–Trinajstić information content (AvgIpc) is 2.44. The number of pyridine rings is 1. The lowest BCUT2D eigenvalue weighted by Crippen LogP contribution is -2.10. The number of aromatic amines is 1. The van der Waals surface area contributed by atoms with Gasteiger partial charge in [0.05, 0.1) is 5.52 Å². The maximum atomic E-state index is 4.59. The molecule has 2 aromatic heterocycles. The van der Waals surface area contributed by atoms with Gasteiger partial charge in [0.25, 0.3) is 0 Å². The van der Waals surface area contributed by atoms with Gasteiger partial charge >= 0.3 is 0 Å². The highest BCUT2D eigenvalue weighted by molar-refractivity contribution is 5.75. The van der Waals surface area contributed by atoms with E-state index in [9.17, 15) is 0 Å². The molecular formula is C12H15N3. The molecule has 0 bridgehead atoms. The molecule has 1 aliphatic carbocycles. The summed E-state index contributed by atoms with van der Waals surface area (Å²) in [5, 5.41) is 0. The highest BCUT2D eigenvalue weighted by Crippen LogP contribution is 2.35. The quantitative estimate of drug-likeness (QED) is 0.770. The fourth-order valence-electron chi connectivity index (χ4n) is 2.20. The zero-order valence-electron chi connectivity index (χ0n) is 9.17. The van der Waals surface area contributed by atoms with E-state index >= 15 is 0 Å². The molecule has 0 atom stereocenters. The van der Waals surface area contributed by atoms with Gasteiger partial charge in [-0.2, -0.15) is 0 Å². The third kappa shape index (κ3) is 1.34. The Hall–Kier alpha value is -1.38. The van der Waals surface area contributed by atoms with Crippen molar-refractivity contribution in [2.24, 2.45) is 0 Å². The van der Waals surface area contributed by atoms with E-state index in [2.05, 4.69) is 27.9 Å². The molecule has 3 heteroatoms. The summed E-state index contributed by atoms with van der Waals surface area (Å²) in [5.41, 5.74) is 4.29. The molecule has 78 valence electrons. The van der Waals surface area contributed by atoms with Crippen molar-refractivity contribution >= 4 is 11.2 Å². The fraction of sp³-hybridized carbons (Fsp3) is 0.500. The van der Waals surface area contributed by atoms with E-state index in [-0.39, 0.29) is 0 Å².